The first-order chi connectivity index (χ1) is 10.1. The van der Waals surface area contributed by atoms with Gasteiger partial charge in [-0.1, -0.05) is 6.07 Å². The predicted molar refractivity (Wildman–Crippen MR) is 85.6 cm³/mol. The van der Waals surface area contributed by atoms with Gasteiger partial charge < -0.3 is 14.6 Å². The highest BCUT2D eigenvalue weighted by Gasteiger charge is 2.22. The number of hydrogen-bond acceptors (Lipinski definition) is 4. The third-order valence-corrected chi connectivity index (χ3v) is 4.69. The molecule has 0 spiro atoms. The minimum absolute atomic E-state index is 0.398. The summed E-state index contributed by atoms with van der Waals surface area (Å²) in [5, 5.41) is 11.3. The van der Waals surface area contributed by atoms with Gasteiger partial charge in [0.25, 0.3) is 0 Å². The van der Waals surface area contributed by atoms with Crippen LogP contribution in [0.25, 0.3) is 0 Å². The maximum absolute atomic E-state index is 11.5. The molecule has 1 aromatic carbocycles. The zero-order valence-electron chi connectivity index (χ0n) is 11.6. The molecule has 112 valence electrons. The van der Waals surface area contributed by atoms with E-state index in [1.54, 1.807) is 14.2 Å². The van der Waals surface area contributed by atoms with Crippen LogP contribution in [-0.2, 0) is 11.2 Å². The Bertz CT molecular complexity index is 625. The lowest BCUT2D eigenvalue weighted by atomic mass is 9.97. The lowest BCUT2D eigenvalue weighted by molar-refractivity contribution is -0.138. The van der Waals surface area contributed by atoms with E-state index < -0.39 is 11.9 Å². The van der Waals surface area contributed by atoms with Crippen molar-refractivity contribution in [3.8, 4) is 11.5 Å². The van der Waals surface area contributed by atoms with Crippen molar-refractivity contribution in [2.75, 3.05) is 14.2 Å². The van der Waals surface area contributed by atoms with E-state index in [1.165, 1.54) is 11.3 Å². The molecular weight excluding hydrogens is 356 g/mol. The summed E-state index contributed by atoms with van der Waals surface area (Å²) in [4.78, 5) is 12.3. The summed E-state index contributed by atoms with van der Waals surface area (Å²) >= 11 is 4.88. The molecule has 0 bridgehead atoms. The molecule has 0 saturated carbocycles. The molecule has 0 fully saturated rings. The van der Waals surface area contributed by atoms with Gasteiger partial charge in [0.2, 0.25) is 0 Å². The van der Waals surface area contributed by atoms with Gasteiger partial charge in [0.05, 0.1) is 24.6 Å². The fraction of sp³-hybridized carbons (Fsp3) is 0.267. The van der Waals surface area contributed by atoms with Gasteiger partial charge in [0.1, 0.15) is 0 Å². The van der Waals surface area contributed by atoms with E-state index in [2.05, 4.69) is 15.9 Å². The van der Waals surface area contributed by atoms with Gasteiger partial charge in [-0.15, -0.1) is 11.3 Å². The molecule has 1 atom stereocenters. The molecule has 1 unspecified atom stereocenters. The molecule has 4 nitrogen and oxygen atoms in total. The first kappa shape index (κ1) is 15.9. The lowest BCUT2D eigenvalue weighted by Gasteiger charge is -2.14. The van der Waals surface area contributed by atoms with Crippen molar-refractivity contribution in [3.63, 3.8) is 0 Å². The molecule has 1 heterocycles. The van der Waals surface area contributed by atoms with Crippen molar-refractivity contribution in [3.05, 3.63) is 44.6 Å². The van der Waals surface area contributed by atoms with Crippen molar-refractivity contribution in [2.45, 2.75) is 12.3 Å². The van der Waals surface area contributed by atoms with Crippen LogP contribution in [0.5, 0.6) is 11.5 Å². The van der Waals surface area contributed by atoms with Gasteiger partial charge in [-0.3, -0.25) is 4.79 Å². The lowest BCUT2D eigenvalue weighted by Crippen LogP contribution is -2.13. The minimum atomic E-state index is -0.830. The monoisotopic (exact) mass is 370 g/mol. The largest absolute Gasteiger partial charge is 0.493 e. The van der Waals surface area contributed by atoms with Gasteiger partial charge in [0, 0.05) is 4.88 Å². The summed E-state index contributed by atoms with van der Waals surface area (Å²) in [6, 6.07) is 7.39. The van der Waals surface area contributed by atoms with E-state index in [1.807, 2.05) is 29.6 Å². The van der Waals surface area contributed by atoms with Crippen LogP contribution in [0.3, 0.4) is 0 Å². The van der Waals surface area contributed by atoms with E-state index in [-0.39, 0.29) is 0 Å². The second-order valence-electron chi connectivity index (χ2n) is 4.42. The summed E-state index contributed by atoms with van der Waals surface area (Å²) in [5.74, 6) is -0.209. The summed E-state index contributed by atoms with van der Waals surface area (Å²) in [6.45, 7) is 0. The number of carbonyl (C=O) groups is 1. The molecule has 0 aliphatic carbocycles. The Balaban J connectivity index is 2.33. The Kier molecular flexibility index (Phi) is 5.25. The van der Waals surface area contributed by atoms with Crippen molar-refractivity contribution in [1.29, 1.82) is 0 Å². The van der Waals surface area contributed by atoms with Crippen LogP contribution in [0, 0.1) is 0 Å². The molecule has 2 aromatic rings. The van der Waals surface area contributed by atoms with E-state index in [9.17, 15) is 9.90 Å². The number of benzene rings is 1. The van der Waals surface area contributed by atoms with Crippen molar-refractivity contribution in [1.82, 2.24) is 0 Å². The van der Waals surface area contributed by atoms with Gasteiger partial charge in [-0.25, -0.2) is 0 Å². The average molecular weight is 371 g/mol. The SMILES string of the molecule is COc1cc(CC(C(=O)O)c2cccs2)cc(Br)c1OC. The molecular formula is C15H15BrO4S. The molecule has 21 heavy (non-hydrogen) atoms. The summed E-state index contributed by atoms with van der Waals surface area (Å²) in [6.07, 6.45) is 0.398. The quantitative estimate of drug-likeness (QED) is 0.836. The molecule has 0 amide bonds. The molecule has 1 aromatic heterocycles. The van der Waals surface area contributed by atoms with Crippen LogP contribution < -0.4 is 9.47 Å². The van der Waals surface area contributed by atoms with Gasteiger partial charge in [0.15, 0.2) is 11.5 Å². The fourth-order valence-corrected chi connectivity index (χ4v) is 3.60. The average Bonchev–Trinajstić information content (AvgIpc) is 2.97. The summed E-state index contributed by atoms with van der Waals surface area (Å²) in [7, 11) is 3.12. The van der Waals surface area contributed by atoms with Crippen LogP contribution in [-0.4, -0.2) is 25.3 Å². The third-order valence-electron chi connectivity index (χ3n) is 3.12. The van der Waals surface area contributed by atoms with Crippen LogP contribution in [0.4, 0.5) is 0 Å². The standard InChI is InChI=1S/C15H15BrO4S/c1-19-12-8-9(7-11(16)14(12)20-2)6-10(15(17)18)13-4-3-5-21-13/h3-5,7-8,10H,6H2,1-2H3,(H,17,18). The van der Waals surface area contributed by atoms with Gasteiger partial charge >= 0.3 is 5.97 Å². The number of halogens is 1. The van der Waals surface area contributed by atoms with E-state index in [0.29, 0.717) is 17.9 Å². The van der Waals surface area contributed by atoms with E-state index in [0.717, 1.165) is 14.9 Å². The Morgan fingerprint density at radius 2 is 2.14 bits per heavy atom. The van der Waals surface area contributed by atoms with Crippen LogP contribution in [0.2, 0.25) is 0 Å². The molecule has 0 aliphatic heterocycles. The van der Waals surface area contributed by atoms with E-state index >= 15 is 0 Å². The zero-order valence-corrected chi connectivity index (χ0v) is 14.0. The third kappa shape index (κ3) is 3.57. The molecule has 6 heteroatoms. The van der Waals surface area contributed by atoms with Crippen molar-refractivity contribution >= 4 is 33.2 Å². The maximum Gasteiger partial charge on any atom is 0.312 e. The van der Waals surface area contributed by atoms with Gasteiger partial charge in [-0.05, 0) is 51.5 Å². The highest BCUT2D eigenvalue weighted by molar-refractivity contribution is 9.10. The first-order valence-electron chi connectivity index (χ1n) is 6.23. The molecule has 0 radical (unpaired) electrons. The summed E-state index contributed by atoms with van der Waals surface area (Å²) in [5.41, 5.74) is 0.875. The molecule has 1 N–H and O–H groups in total. The zero-order chi connectivity index (χ0) is 15.4. The first-order valence-corrected chi connectivity index (χ1v) is 7.90. The van der Waals surface area contributed by atoms with Crippen LogP contribution >= 0.6 is 27.3 Å². The molecule has 0 aliphatic rings. The second-order valence-corrected chi connectivity index (χ2v) is 6.26. The normalized spacial score (nSPS) is 12.0. The van der Waals surface area contributed by atoms with Crippen molar-refractivity contribution < 1.29 is 19.4 Å². The predicted octanol–water partition coefficient (Wildman–Crippen LogP) is 3.94. The number of aliphatic carboxylic acids is 1. The number of hydrogen-bond donors (Lipinski definition) is 1. The fourth-order valence-electron chi connectivity index (χ4n) is 2.12. The van der Waals surface area contributed by atoms with Crippen LogP contribution in [0.15, 0.2) is 34.1 Å². The number of ether oxygens (including phenoxy) is 2. The van der Waals surface area contributed by atoms with Gasteiger partial charge in [-0.2, -0.15) is 0 Å². The topological polar surface area (TPSA) is 55.8 Å². The Hall–Kier alpha value is -1.53. The molecule has 2 rings (SSSR count). The minimum Gasteiger partial charge on any atom is -0.493 e. The van der Waals surface area contributed by atoms with Crippen molar-refractivity contribution in [2.24, 2.45) is 0 Å². The summed E-state index contributed by atoms with van der Waals surface area (Å²) < 4.78 is 11.3. The number of thiophene rings is 1. The molecule has 0 saturated heterocycles. The second kappa shape index (κ2) is 6.95. The van der Waals surface area contributed by atoms with Crippen LogP contribution in [0.1, 0.15) is 16.4 Å². The Morgan fingerprint density at radius 1 is 1.38 bits per heavy atom. The van der Waals surface area contributed by atoms with E-state index in [4.69, 9.17) is 9.47 Å². The number of carboxylic acids is 1. The highest BCUT2D eigenvalue weighted by Crippen LogP contribution is 2.37. The number of carboxylic acid groups (broad SMARTS) is 1. The highest BCUT2D eigenvalue weighted by atomic mass is 79.9. The smallest absolute Gasteiger partial charge is 0.312 e. The Morgan fingerprint density at radius 3 is 2.67 bits per heavy atom. The number of rotatable bonds is 6. The Labute approximate surface area is 135 Å². The number of methoxy groups -OCH3 is 2. The maximum atomic E-state index is 11.5.